The first-order chi connectivity index (χ1) is 4.72. The molecular formula is C6H12O3S. The van der Waals surface area contributed by atoms with Gasteiger partial charge >= 0.3 is 0 Å². The molecule has 0 spiro atoms. The summed E-state index contributed by atoms with van der Waals surface area (Å²) in [7, 11) is 0. The lowest BCUT2D eigenvalue weighted by Crippen LogP contribution is -2.23. The summed E-state index contributed by atoms with van der Waals surface area (Å²) in [6, 6.07) is 0. The Hall–Kier alpha value is -0.0600. The Balaban J connectivity index is 3.41. The average Bonchev–Trinajstić information content (AvgIpc) is 1.98. The van der Waals surface area contributed by atoms with Gasteiger partial charge in [-0.05, 0) is 18.4 Å². The number of hydrogen-bond donors (Lipinski definition) is 2. The van der Waals surface area contributed by atoms with E-state index in [1.807, 2.05) is 6.26 Å². The molecule has 0 aromatic heterocycles. The molecular weight excluding hydrogens is 152 g/mol. The summed E-state index contributed by atoms with van der Waals surface area (Å²) in [4.78, 5) is 10.5. The standard InChI is InChI=1S/C6H12O3S/c1-10-3-2-5(8)6(9)4-7/h5,7-8H,2-4H2,1H3. The molecule has 0 saturated heterocycles. The highest BCUT2D eigenvalue weighted by Crippen LogP contribution is 2.00. The van der Waals surface area contributed by atoms with Gasteiger partial charge in [0.2, 0.25) is 0 Å². The minimum absolute atomic E-state index is 0.431. The number of carbonyl (C=O) groups is 1. The van der Waals surface area contributed by atoms with Gasteiger partial charge < -0.3 is 10.2 Å². The molecule has 0 amide bonds. The van der Waals surface area contributed by atoms with Crippen LogP contribution in [0.3, 0.4) is 0 Å². The highest BCUT2D eigenvalue weighted by Gasteiger charge is 2.11. The molecule has 1 atom stereocenters. The van der Waals surface area contributed by atoms with Crippen molar-refractivity contribution in [3.05, 3.63) is 0 Å². The van der Waals surface area contributed by atoms with Crippen molar-refractivity contribution >= 4 is 17.5 Å². The SMILES string of the molecule is CSCCC(O)C(=O)CO. The fourth-order valence-electron chi connectivity index (χ4n) is 0.496. The van der Waals surface area contributed by atoms with Crippen LogP contribution in [0.2, 0.25) is 0 Å². The Kier molecular flexibility index (Phi) is 5.67. The van der Waals surface area contributed by atoms with Crippen LogP contribution in [0.1, 0.15) is 6.42 Å². The fourth-order valence-corrected chi connectivity index (χ4v) is 0.955. The predicted molar refractivity (Wildman–Crippen MR) is 41.1 cm³/mol. The molecule has 60 valence electrons. The van der Waals surface area contributed by atoms with Gasteiger partial charge in [-0.2, -0.15) is 11.8 Å². The number of aliphatic hydroxyl groups is 2. The zero-order valence-electron chi connectivity index (χ0n) is 5.91. The smallest absolute Gasteiger partial charge is 0.186 e. The summed E-state index contributed by atoms with van der Waals surface area (Å²) in [5.41, 5.74) is 0. The fraction of sp³-hybridized carbons (Fsp3) is 0.833. The topological polar surface area (TPSA) is 57.5 Å². The van der Waals surface area contributed by atoms with E-state index in [9.17, 15) is 4.79 Å². The Labute approximate surface area is 64.4 Å². The Bertz CT molecular complexity index is 105. The molecule has 0 bridgehead atoms. The predicted octanol–water partition coefficient (Wildman–Crippen LogP) is -0.338. The second kappa shape index (κ2) is 5.70. The monoisotopic (exact) mass is 164 g/mol. The van der Waals surface area contributed by atoms with E-state index in [4.69, 9.17) is 10.2 Å². The van der Waals surface area contributed by atoms with Crippen molar-refractivity contribution in [2.75, 3.05) is 18.6 Å². The van der Waals surface area contributed by atoms with E-state index in [1.54, 1.807) is 11.8 Å². The molecule has 4 heteroatoms. The van der Waals surface area contributed by atoms with E-state index in [1.165, 1.54) is 0 Å². The summed E-state index contributed by atoms with van der Waals surface area (Å²) < 4.78 is 0. The number of rotatable bonds is 5. The molecule has 0 saturated carbocycles. The maximum Gasteiger partial charge on any atom is 0.186 e. The van der Waals surface area contributed by atoms with Gasteiger partial charge in [-0.1, -0.05) is 0 Å². The minimum Gasteiger partial charge on any atom is -0.388 e. The molecule has 2 N–H and O–H groups in total. The summed E-state index contributed by atoms with van der Waals surface area (Å²) in [5, 5.41) is 17.2. The Morgan fingerprint density at radius 1 is 1.70 bits per heavy atom. The number of hydrogen-bond acceptors (Lipinski definition) is 4. The maximum absolute atomic E-state index is 10.5. The molecule has 0 aromatic carbocycles. The van der Waals surface area contributed by atoms with Crippen molar-refractivity contribution < 1.29 is 15.0 Å². The average molecular weight is 164 g/mol. The van der Waals surface area contributed by atoms with Crippen LogP contribution in [0, 0.1) is 0 Å². The van der Waals surface area contributed by atoms with Gasteiger partial charge in [0.25, 0.3) is 0 Å². The lowest BCUT2D eigenvalue weighted by Gasteiger charge is -2.04. The van der Waals surface area contributed by atoms with E-state index in [-0.39, 0.29) is 0 Å². The van der Waals surface area contributed by atoms with Gasteiger partial charge in [0, 0.05) is 0 Å². The summed E-state index contributed by atoms with van der Waals surface area (Å²) >= 11 is 1.56. The molecule has 10 heavy (non-hydrogen) atoms. The molecule has 1 unspecified atom stereocenters. The third kappa shape index (κ3) is 3.87. The summed E-state index contributed by atoms with van der Waals surface area (Å²) in [6.45, 7) is -0.560. The second-order valence-electron chi connectivity index (χ2n) is 1.92. The van der Waals surface area contributed by atoms with Crippen LogP contribution in [0.5, 0.6) is 0 Å². The molecule has 3 nitrogen and oxygen atoms in total. The van der Waals surface area contributed by atoms with Gasteiger partial charge in [0.15, 0.2) is 5.78 Å². The van der Waals surface area contributed by atoms with Gasteiger partial charge in [-0.25, -0.2) is 0 Å². The van der Waals surface area contributed by atoms with Gasteiger partial charge in [0.1, 0.15) is 12.7 Å². The Morgan fingerprint density at radius 3 is 2.70 bits per heavy atom. The molecule has 0 aromatic rings. The normalized spacial score (nSPS) is 13.1. The highest BCUT2D eigenvalue weighted by molar-refractivity contribution is 7.98. The first-order valence-electron chi connectivity index (χ1n) is 3.03. The van der Waals surface area contributed by atoms with E-state index in [0.717, 1.165) is 5.75 Å². The Morgan fingerprint density at radius 2 is 2.30 bits per heavy atom. The van der Waals surface area contributed by atoms with E-state index in [2.05, 4.69) is 0 Å². The van der Waals surface area contributed by atoms with Crippen molar-refractivity contribution in [1.82, 2.24) is 0 Å². The molecule has 0 radical (unpaired) electrons. The van der Waals surface area contributed by atoms with Crippen LogP contribution < -0.4 is 0 Å². The number of aliphatic hydroxyl groups excluding tert-OH is 2. The first-order valence-corrected chi connectivity index (χ1v) is 4.42. The minimum atomic E-state index is -0.975. The second-order valence-corrected chi connectivity index (χ2v) is 2.91. The number of thioether (sulfide) groups is 1. The maximum atomic E-state index is 10.5. The third-order valence-electron chi connectivity index (χ3n) is 1.12. The van der Waals surface area contributed by atoms with Crippen molar-refractivity contribution in [2.24, 2.45) is 0 Å². The first kappa shape index (κ1) is 9.94. The number of carbonyl (C=O) groups excluding carboxylic acids is 1. The van der Waals surface area contributed by atoms with E-state index >= 15 is 0 Å². The highest BCUT2D eigenvalue weighted by atomic mass is 32.2. The van der Waals surface area contributed by atoms with Gasteiger partial charge in [-0.15, -0.1) is 0 Å². The van der Waals surface area contributed by atoms with E-state index < -0.39 is 18.5 Å². The number of Topliss-reactive ketones (excluding diaryl/α,β-unsaturated/α-hetero) is 1. The quantitative estimate of drug-likeness (QED) is 0.583. The van der Waals surface area contributed by atoms with Crippen LogP contribution in [0.15, 0.2) is 0 Å². The summed E-state index contributed by atoms with van der Waals surface area (Å²) in [5.74, 6) is 0.251. The van der Waals surface area contributed by atoms with Crippen LogP contribution in [0.4, 0.5) is 0 Å². The molecule has 0 aliphatic heterocycles. The molecule has 0 fully saturated rings. The lowest BCUT2D eigenvalue weighted by molar-refractivity contribution is -0.129. The van der Waals surface area contributed by atoms with Crippen molar-refractivity contribution in [3.63, 3.8) is 0 Å². The summed E-state index contributed by atoms with van der Waals surface area (Å²) in [6.07, 6.45) is 1.36. The van der Waals surface area contributed by atoms with Crippen LogP contribution >= 0.6 is 11.8 Å². The molecule has 0 aliphatic rings. The number of ketones is 1. The van der Waals surface area contributed by atoms with Crippen molar-refractivity contribution in [2.45, 2.75) is 12.5 Å². The zero-order valence-corrected chi connectivity index (χ0v) is 6.73. The van der Waals surface area contributed by atoms with Crippen LogP contribution in [0.25, 0.3) is 0 Å². The van der Waals surface area contributed by atoms with Crippen molar-refractivity contribution in [1.29, 1.82) is 0 Å². The molecule has 0 rings (SSSR count). The van der Waals surface area contributed by atoms with Crippen molar-refractivity contribution in [3.8, 4) is 0 Å². The van der Waals surface area contributed by atoms with Crippen LogP contribution in [-0.2, 0) is 4.79 Å². The largest absolute Gasteiger partial charge is 0.388 e. The zero-order chi connectivity index (χ0) is 7.98. The van der Waals surface area contributed by atoms with Gasteiger partial charge in [0.05, 0.1) is 0 Å². The molecule has 0 heterocycles. The lowest BCUT2D eigenvalue weighted by atomic mass is 10.2. The molecule has 0 aliphatic carbocycles. The van der Waals surface area contributed by atoms with E-state index in [0.29, 0.717) is 6.42 Å². The third-order valence-corrected chi connectivity index (χ3v) is 1.77. The van der Waals surface area contributed by atoms with Gasteiger partial charge in [-0.3, -0.25) is 4.79 Å². The van der Waals surface area contributed by atoms with Crippen LogP contribution in [-0.4, -0.2) is 40.7 Å².